The molecule has 0 aromatic heterocycles. The Morgan fingerprint density at radius 2 is 2.13 bits per heavy atom. The zero-order valence-corrected chi connectivity index (χ0v) is 15.8. The number of guanidine groups is 1. The molecular weight excluding hydrogens is 288 g/mol. The third-order valence-corrected chi connectivity index (χ3v) is 4.60. The smallest absolute Gasteiger partial charge is 0.194 e. The van der Waals surface area contributed by atoms with Crippen molar-refractivity contribution in [1.29, 1.82) is 0 Å². The molecule has 0 aliphatic carbocycles. The van der Waals surface area contributed by atoms with Crippen molar-refractivity contribution in [2.75, 3.05) is 52.4 Å². The lowest BCUT2D eigenvalue weighted by Crippen LogP contribution is -2.46. The van der Waals surface area contributed by atoms with Gasteiger partial charge in [-0.1, -0.05) is 27.7 Å². The average molecular weight is 325 g/mol. The molecule has 23 heavy (non-hydrogen) atoms. The van der Waals surface area contributed by atoms with Crippen LogP contribution in [-0.4, -0.2) is 74.3 Å². The van der Waals surface area contributed by atoms with Crippen LogP contribution in [-0.2, 0) is 4.74 Å². The third kappa shape index (κ3) is 5.96. The third-order valence-electron chi connectivity index (χ3n) is 4.60. The van der Waals surface area contributed by atoms with Crippen LogP contribution >= 0.6 is 0 Å². The van der Waals surface area contributed by atoms with Crippen LogP contribution in [0.1, 0.15) is 41.0 Å². The van der Waals surface area contributed by atoms with Gasteiger partial charge in [0.1, 0.15) is 0 Å². The van der Waals surface area contributed by atoms with Crippen molar-refractivity contribution in [3.8, 4) is 0 Å². The van der Waals surface area contributed by atoms with Crippen molar-refractivity contribution in [1.82, 2.24) is 15.1 Å². The summed E-state index contributed by atoms with van der Waals surface area (Å²) in [5.74, 6) is 1.77. The van der Waals surface area contributed by atoms with E-state index in [0.717, 1.165) is 58.4 Å². The second kappa shape index (κ2) is 8.34. The molecule has 2 aliphatic rings. The molecule has 0 aromatic carbocycles. The minimum Gasteiger partial charge on any atom is -0.374 e. The van der Waals surface area contributed by atoms with Crippen molar-refractivity contribution in [3.05, 3.63) is 0 Å². The van der Waals surface area contributed by atoms with Gasteiger partial charge in [0.2, 0.25) is 0 Å². The summed E-state index contributed by atoms with van der Waals surface area (Å²) in [7, 11) is 0. The monoisotopic (exact) mass is 324 g/mol. The molecule has 0 amide bonds. The van der Waals surface area contributed by atoms with Crippen LogP contribution in [0.25, 0.3) is 0 Å². The predicted molar refractivity (Wildman–Crippen MR) is 97.0 cm³/mol. The van der Waals surface area contributed by atoms with E-state index in [1.165, 1.54) is 6.42 Å². The van der Waals surface area contributed by atoms with Crippen LogP contribution < -0.4 is 5.32 Å². The Balaban J connectivity index is 1.89. The van der Waals surface area contributed by atoms with Gasteiger partial charge < -0.3 is 15.0 Å². The van der Waals surface area contributed by atoms with Crippen molar-refractivity contribution in [3.63, 3.8) is 0 Å². The number of nitrogens with one attached hydrogen (secondary N) is 1. The van der Waals surface area contributed by atoms with E-state index in [-0.39, 0.29) is 6.10 Å². The van der Waals surface area contributed by atoms with Gasteiger partial charge in [-0.05, 0) is 24.7 Å². The summed E-state index contributed by atoms with van der Waals surface area (Å²) in [4.78, 5) is 9.79. The van der Waals surface area contributed by atoms with Crippen LogP contribution in [0.4, 0.5) is 0 Å². The van der Waals surface area contributed by atoms with Crippen LogP contribution in [0.3, 0.4) is 0 Å². The van der Waals surface area contributed by atoms with Gasteiger partial charge >= 0.3 is 0 Å². The molecule has 0 aromatic rings. The Morgan fingerprint density at radius 3 is 2.74 bits per heavy atom. The Labute approximate surface area is 142 Å². The summed E-state index contributed by atoms with van der Waals surface area (Å²) in [6.45, 7) is 19.3. The Kier molecular flexibility index (Phi) is 6.72. The lowest BCUT2D eigenvalue weighted by molar-refractivity contribution is -0.0262. The van der Waals surface area contributed by atoms with Gasteiger partial charge in [-0.15, -0.1) is 0 Å². The van der Waals surface area contributed by atoms with Gasteiger partial charge in [-0.3, -0.25) is 9.89 Å². The summed E-state index contributed by atoms with van der Waals surface area (Å²) >= 11 is 0. The number of aliphatic imine (C=N–C) groups is 1. The van der Waals surface area contributed by atoms with E-state index < -0.39 is 0 Å². The molecule has 0 bridgehead atoms. The van der Waals surface area contributed by atoms with E-state index in [9.17, 15) is 0 Å². The molecule has 0 radical (unpaired) electrons. The molecular formula is C18H36N4O. The van der Waals surface area contributed by atoms with Gasteiger partial charge in [0.25, 0.3) is 0 Å². The second-order valence-electron chi connectivity index (χ2n) is 8.18. The SMILES string of the molecule is CCNC(=NCC1CN(CC(C)C)CCO1)N1CCC(C)(C)C1. The topological polar surface area (TPSA) is 40.1 Å². The van der Waals surface area contributed by atoms with Gasteiger partial charge in [0.05, 0.1) is 19.3 Å². The minimum absolute atomic E-state index is 0.228. The molecule has 0 saturated carbocycles. The molecule has 5 heteroatoms. The standard InChI is InChI=1S/C18H36N4O/c1-6-19-17(22-8-7-18(4,5)14-22)20-11-16-13-21(9-10-23-16)12-15(2)3/h15-16H,6-14H2,1-5H3,(H,19,20). The summed E-state index contributed by atoms with van der Waals surface area (Å²) in [6, 6.07) is 0. The molecule has 2 saturated heterocycles. The van der Waals surface area contributed by atoms with Crippen LogP contribution in [0, 0.1) is 11.3 Å². The highest BCUT2D eigenvalue weighted by Gasteiger charge is 2.31. The first-order valence-electron chi connectivity index (χ1n) is 9.27. The summed E-state index contributed by atoms with van der Waals surface area (Å²) in [5, 5.41) is 3.45. The highest BCUT2D eigenvalue weighted by atomic mass is 16.5. The van der Waals surface area contributed by atoms with E-state index in [0.29, 0.717) is 11.3 Å². The molecule has 5 nitrogen and oxygen atoms in total. The van der Waals surface area contributed by atoms with E-state index in [1.54, 1.807) is 0 Å². The van der Waals surface area contributed by atoms with Crippen LogP contribution in [0.5, 0.6) is 0 Å². The Bertz CT molecular complexity index is 394. The van der Waals surface area contributed by atoms with Gasteiger partial charge in [0.15, 0.2) is 5.96 Å². The maximum absolute atomic E-state index is 5.93. The second-order valence-corrected chi connectivity index (χ2v) is 8.18. The molecule has 2 heterocycles. The predicted octanol–water partition coefficient (Wildman–Crippen LogP) is 2.04. The van der Waals surface area contributed by atoms with Crippen molar-refractivity contribution >= 4 is 5.96 Å². The van der Waals surface area contributed by atoms with E-state index in [4.69, 9.17) is 9.73 Å². The van der Waals surface area contributed by atoms with Gasteiger partial charge in [0, 0.05) is 39.3 Å². The van der Waals surface area contributed by atoms with Crippen molar-refractivity contribution in [2.24, 2.45) is 16.3 Å². The number of nitrogens with zero attached hydrogens (tertiary/aromatic N) is 3. The molecule has 2 aliphatic heterocycles. The first-order valence-corrected chi connectivity index (χ1v) is 9.27. The highest BCUT2D eigenvalue weighted by molar-refractivity contribution is 5.80. The average Bonchev–Trinajstić information content (AvgIpc) is 2.83. The molecule has 1 unspecified atom stereocenters. The molecule has 1 N–H and O–H groups in total. The maximum atomic E-state index is 5.93. The van der Waals surface area contributed by atoms with Crippen LogP contribution in [0.15, 0.2) is 4.99 Å². The zero-order valence-electron chi connectivity index (χ0n) is 15.8. The van der Waals surface area contributed by atoms with Gasteiger partial charge in [-0.25, -0.2) is 0 Å². The highest BCUT2D eigenvalue weighted by Crippen LogP contribution is 2.28. The molecule has 1 atom stereocenters. The molecule has 0 spiro atoms. The number of hydrogen-bond donors (Lipinski definition) is 1. The minimum atomic E-state index is 0.228. The Morgan fingerprint density at radius 1 is 1.35 bits per heavy atom. The Hall–Kier alpha value is -0.810. The molecule has 2 rings (SSSR count). The van der Waals surface area contributed by atoms with E-state index in [1.807, 2.05) is 0 Å². The van der Waals surface area contributed by atoms with Crippen molar-refractivity contribution < 1.29 is 4.74 Å². The van der Waals surface area contributed by atoms with Crippen molar-refractivity contribution in [2.45, 2.75) is 47.1 Å². The first-order chi connectivity index (χ1) is 10.9. The first kappa shape index (κ1) is 18.5. The summed E-state index contributed by atoms with van der Waals surface area (Å²) < 4.78 is 5.93. The quantitative estimate of drug-likeness (QED) is 0.621. The fraction of sp³-hybridized carbons (Fsp3) is 0.944. The molecule has 134 valence electrons. The fourth-order valence-corrected chi connectivity index (χ4v) is 3.48. The number of rotatable bonds is 5. The molecule has 2 fully saturated rings. The zero-order chi connectivity index (χ0) is 16.9. The normalized spacial score (nSPS) is 26.1. The largest absolute Gasteiger partial charge is 0.374 e. The lowest BCUT2D eigenvalue weighted by atomic mass is 9.93. The maximum Gasteiger partial charge on any atom is 0.194 e. The number of morpholine rings is 1. The number of ether oxygens (including phenoxy) is 1. The fourth-order valence-electron chi connectivity index (χ4n) is 3.48. The van der Waals surface area contributed by atoms with E-state index in [2.05, 4.69) is 49.7 Å². The summed E-state index contributed by atoms with van der Waals surface area (Å²) in [6.07, 6.45) is 1.46. The lowest BCUT2D eigenvalue weighted by Gasteiger charge is -2.33. The number of hydrogen-bond acceptors (Lipinski definition) is 3. The van der Waals surface area contributed by atoms with E-state index >= 15 is 0 Å². The van der Waals surface area contributed by atoms with Gasteiger partial charge in [-0.2, -0.15) is 0 Å². The van der Waals surface area contributed by atoms with Crippen LogP contribution in [0.2, 0.25) is 0 Å². The summed E-state index contributed by atoms with van der Waals surface area (Å²) in [5.41, 5.74) is 0.394. The number of likely N-dealkylation sites (tertiary alicyclic amines) is 1.